The summed E-state index contributed by atoms with van der Waals surface area (Å²) < 4.78 is 45.6. The summed E-state index contributed by atoms with van der Waals surface area (Å²) >= 11 is 0. The van der Waals surface area contributed by atoms with Crippen LogP contribution < -0.4 is 10.1 Å². The van der Waals surface area contributed by atoms with Crippen LogP contribution >= 0.6 is 0 Å². The van der Waals surface area contributed by atoms with Crippen LogP contribution in [-0.4, -0.2) is 53.6 Å². The first-order valence-electron chi connectivity index (χ1n) is 12.3. The maximum Gasteiger partial charge on any atom is 0.416 e. The number of hydrogen-bond donors (Lipinski definition) is 1. The molecule has 38 heavy (non-hydrogen) atoms. The maximum absolute atomic E-state index is 13.4. The van der Waals surface area contributed by atoms with Crippen LogP contribution in [0.2, 0.25) is 0 Å². The molecule has 7 N–H and O–H groups in total. The third-order valence-electron chi connectivity index (χ3n) is 7.63. The Morgan fingerprint density at radius 2 is 1.53 bits per heavy atom. The van der Waals surface area contributed by atoms with Gasteiger partial charge in [-0.1, -0.05) is 54.6 Å². The third kappa shape index (κ3) is 6.54. The van der Waals surface area contributed by atoms with E-state index in [-0.39, 0.29) is 16.4 Å². The minimum absolute atomic E-state index is 0. The molecule has 0 aromatic heterocycles. The van der Waals surface area contributed by atoms with Crippen LogP contribution in [0.3, 0.4) is 0 Å². The van der Waals surface area contributed by atoms with Crippen molar-refractivity contribution in [1.82, 2.24) is 10.2 Å². The topological polar surface area (TPSA) is 119 Å². The molecule has 3 aliphatic heterocycles. The molecule has 0 amide bonds. The van der Waals surface area contributed by atoms with Gasteiger partial charge in [0.15, 0.2) is 0 Å². The van der Waals surface area contributed by atoms with Gasteiger partial charge in [-0.2, -0.15) is 13.2 Å². The number of nitrogens with zero attached hydrogens (tertiary/aromatic N) is 1. The largest absolute Gasteiger partial charge is 0.496 e. The highest BCUT2D eigenvalue weighted by molar-refractivity contribution is 5.68. The van der Waals surface area contributed by atoms with E-state index in [1.54, 1.807) is 13.2 Å². The van der Waals surface area contributed by atoms with Gasteiger partial charge in [-0.3, -0.25) is 4.90 Å². The van der Waals surface area contributed by atoms with Crippen molar-refractivity contribution in [3.05, 3.63) is 89.5 Å². The number of methoxy groups -OCH3 is 1. The Morgan fingerprint density at radius 1 is 0.868 bits per heavy atom. The summed E-state index contributed by atoms with van der Waals surface area (Å²) in [6.07, 6.45) is -1.20. The molecule has 3 aliphatic rings. The highest BCUT2D eigenvalue weighted by Gasteiger charge is 2.42. The first kappa shape index (κ1) is 31.3. The predicted molar refractivity (Wildman–Crippen MR) is 143 cm³/mol. The van der Waals surface area contributed by atoms with Crippen molar-refractivity contribution >= 4 is 0 Å². The van der Waals surface area contributed by atoms with E-state index < -0.39 is 11.7 Å². The second kappa shape index (κ2) is 13.2. The average Bonchev–Trinajstić information content (AvgIpc) is 2.89. The normalized spacial score (nSPS) is 22.0. The molecule has 2 unspecified atom stereocenters. The molecule has 0 spiro atoms. The van der Waals surface area contributed by atoms with Crippen LogP contribution in [0.1, 0.15) is 29.5 Å². The number of para-hydroxylation sites is 1. The van der Waals surface area contributed by atoms with Crippen molar-refractivity contribution in [1.29, 1.82) is 0 Å². The second-order valence-corrected chi connectivity index (χ2v) is 9.60. The van der Waals surface area contributed by atoms with Crippen LogP contribution in [-0.2, 0) is 19.1 Å². The monoisotopic (exact) mass is 534 g/mol. The molecule has 3 saturated heterocycles. The average molecular weight is 535 g/mol. The van der Waals surface area contributed by atoms with Crippen LogP contribution in [0.4, 0.5) is 13.2 Å². The maximum atomic E-state index is 13.4. The molecule has 0 aliphatic carbocycles. The van der Waals surface area contributed by atoms with E-state index in [0.29, 0.717) is 23.6 Å². The van der Waals surface area contributed by atoms with Crippen LogP contribution in [0.5, 0.6) is 5.75 Å². The summed E-state index contributed by atoms with van der Waals surface area (Å²) in [4.78, 5) is 2.56. The molecular formula is C29H37F3N2O4. The summed E-state index contributed by atoms with van der Waals surface area (Å²) in [6, 6.07) is 22.3. The second-order valence-electron chi connectivity index (χ2n) is 9.60. The molecular weight excluding hydrogens is 497 g/mol. The zero-order valence-corrected chi connectivity index (χ0v) is 21.4. The van der Waals surface area contributed by atoms with Gasteiger partial charge >= 0.3 is 6.18 Å². The van der Waals surface area contributed by atoms with Gasteiger partial charge in [0.05, 0.1) is 12.7 Å². The summed E-state index contributed by atoms with van der Waals surface area (Å²) in [6.45, 7) is 2.88. The Balaban J connectivity index is 0.00000169. The number of alkyl halides is 3. The summed E-state index contributed by atoms with van der Waals surface area (Å²) in [5.74, 6) is 1.48. The Morgan fingerprint density at radius 3 is 2.21 bits per heavy atom. The molecule has 3 heterocycles. The van der Waals surface area contributed by atoms with Gasteiger partial charge in [-0.15, -0.1) is 0 Å². The lowest BCUT2D eigenvalue weighted by Crippen LogP contribution is -2.63. The Labute approximate surface area is 221 Å². The highest BCUT2D eigenvalue weighted by Crippen LogP contribution is 2.37. The quantitative estimate of drug-likeness (QED) is 0.498. The van der Waals surface area contributed by atoms with Gasteiger partial charge in [-0.05, 0) is 73.2 Å². The van der Waals surface area contributed by atoms with E-state index in [2.05, 4.69) is 22.3 Å². The first-order valence-corrected chi connectivity index (χ1v) is 12.3. The molecule has 2 atom stereocenters. The number of fused-ring (bicyclic) bond motifs is 3. The van der Waals surface area contributed by atoms with Crippen molar-refractivity contribution in [3.8, 4) is 16.9 Å². The number of benzene rings is 3. The molecule has 9 heteroatoms. The van der Waals surface area contributed by atoms with Crippen molar-refractivity contribution in [3.63, 3.8) is 0 Å². The zero-order chi connectivity index (χ0) is 24.4. The van der Waals surface area contributed by atoms with Crippen LogP contribution in [0.15, 0.2) is 72.8 Å². The number of nitrogens with one attached hydrogen (secondary N) is 1. The fourth-order valence-corrected chi connectivity index (χ4v) is 5.86. The Kier molecular flexibility index (Phi) is 10.9. The highest BCUT2D eigenvalue weighted by atomic mass is 19.4. The number of hydrogen-bond acceptors (Lipinski definition) is 3. The Hall–Kier alpha value is -2.95. The summed E-state index contributed by atoms with van der Waals surface area (Å²) in [5, 5.41) is 3.83. The van der Waals surface area contributed by atoms with Gasteiger partial charge in [0.25, 0.3) is 0 Å². The standard InChI is InChI=1S/C29H31F3N2O.3H2O/c1-35-27-12-5-3-8-23(27)19-33-28-20-13-15-34(16-14-20)26(28)18-22-7-2-4-11-25(22)21-9-6-10-24(17-21)29(30,31)32;;;/h2-12,17,20,26,28,33H,13-16,18-19H2,1H3;3*1H2. The molecule has 6 rings (SSSR count). The van der Waals surface area contributed by atoms with E-state index in [9.17, 15) is 13.2 Å². The minimum atomic E-state index is -4.35. The summed E-state index contributed by atoms with van der Waals surface area (Å²) in [7, 11) is 1.70. The molecule has 3 aromatic carbocycles. The van der Waals surface area contributed by atoms with Crippen molar-refractivity contribution in [2.24, 2.45) is 5.92 Å². The van der Waals surface area contributed by atoms with Gasteiger partial charge in [0.2, 0.25) is 0 Å². The van der Waals surface area contributed by atoms with Crippen molar-refractivity contribution in [2.75, 3.05) is 20.2 Å². The van der Waals surface area contributed by atoms with Gasteiger partial charge < -0.3 is 26.5 Å². The lowest BCUT2D eigenvalue weighted by molar-refractivity contribution is -0.137. The number of rotatable bonds is 7. The lowest BCUT2D eigenvalue weighted by Gasteiger charge is -2.51. The van der Waals surface area contributed by atoms with E-state index in [4.69, 9.17) is 4.74 Å². The van der Waals surface area contributed by atoms with Crippen LogP contribution in [0, 0.1) is 5.92 Å². The molecule has 2 bridgehead atoms. The number of halogens is 3. The SMILES string of the molecule is COc1ccccc1CNC1C2CCN(CC2)C1Cc1ccccc1-c1cccc(C(F)(F)F)c1.O.O.O. The number of piperidine rings is 3. The van der Waals surface area contributed by atoms with Crippen molar-refractivity contribution in [2.45, 2.75) is 44.1 Å². The van der Waals surface area contributed by atoms with Crippen molar-refractivity contribution < 1.29 is 34.3 Å². The van der Waals surface area contributed by atoms with E-state index in [1.165, 1.54) is 25.0 Å². The van der Waals surface area contributed by atoms with E-state index >= 15 is 0 Å². The predicted octanol–water partition coefficient (Wildman–Crippen LogP) is 3.70. The van der Waals surface area contributed by atoms with Gasteiger partial charge in [0, 0.05) is 24.2 Å². The van der Waals surface area contributed by atoms with Crippen LogP contribution in [0.25, 0.3) is 11.1 Å². The van der Waals surface area contributed by atoms with E-state index in [0.717, 1.165) is 54.6 Å². The minimum Gasteiger partial charge on any atom is -0.496 e. The molecule has 3 fully saturated rings. The van der Waals surface area contributed by atoms with Gasteiger partial charge in [-0.25, -0.2) is 0 Å². The summed E-state index contributed by atoms with van der Waals surface area (Å²) in [5.41, 5.74) is 3.11. The molecule has 6 nitrogen and oxygen atoms in total. The molecule has 3 aromatic rings. The lowest BCUT2D eigenvalue weighted by atomic mass is 9.76. The van der Waals surface area contributed by atoms with E-state index in [1.807, 2.05) is 36.4 Å². The third-order valence-corrected chi connectivity index (χ3v) is 7.63. The molecule has 0 saturated carbocycles. The number of ether oxygens (including phenoxy) is 1. The fraction of sp³-hybridized carbons (Fsp3) is 0.379. The fourth-order valence-electron chi connectivity index (χ4n) is 5.86. The Bertz CT molecular complexity index is 1170. The van der Waals surface area contributed by atoms with Gasteiger partial charge in [0.1, 0.15) is 5.75 Å². The molecule has 208 valence electrons. The first-order chi connectivity index (χ1) is 16.9. The molecule has 0 radical (unpaired) electrons. The smallest absolute Gasteiger partial charge is 0.416 e. The zero-order valence-electron chi connectivity index (χ0n) is 21.4.